The van der Waals surface area contributed by atoms with E-state index in [0.717, 1.165) is 28.5 Å². The summed E-state index contributed by atoms with van der Waals surface area (Å²) in [7, 11) is 1.64. The van der Waals surface area contributed by atoms with E-state index in [-0.39, 0.29) is 0 Å². The number of fused-ring (bicyclic) bond motifs is 1. The zero-order valence-corrected chi connectivity index (χ0v) is 9.87. The third-order valence-electron chi connectivity index (χ3n) is 2.87. The van der Waals surface area contributed by atoms with Gasteiger partial charge in [0.2, 0.25) is 0 Å². The molecule has 2 aromatic rings. The Morgan fingerprint density at radius 1 is 1.24 bits per heavy atom. The van der Waals surface area contributed by atoms with Gasteiger partial charge in [0.25, 0.3) is 0 Å². The molecule has 90 valence electrons. The van der Waals surface area contributed by atoms with Crippen molar-refractivity contribution >= 4 is 10.8 Å². The summed E-state index contributed by atoms with van der Waals surface area (Å²) in [6, 6.07) is 9.57. The highest BCUT2D eigenvalue weighted by molar-refractivity contribution is 5.87. The van der Waals surface area contributed by atoms with Gasteiger partial charge in [-0.05, 0) is 53.1 Å². The van der Waals surface area contributed by atoms with Crippen LogP contribution in [0, 0.1) is 0 Å². The number of hydrogen-bond acceptors (Lipinski definition) is 2. The minimum absolute atomic E-state index is 0.445. The van der Waals surface area contributed by atoms with Crippen LogP contribution in [-0.2, 0) is 13.1 Å². The second-order valence-electron chi connectivity index (χ2n) is 4.01. The van der Waals surface area contributed by atoms with Gasteiger partial charge in [0, 0.05) is 0 Å². The van der Waals surface area contributed by atoms with Crippen LogP contribution >= 0.6 is 0 Å². The number of rotatable bonds is 4. The molecule has 0 spiro atoms. The molecule has 0 unspecified atom stereocenters. The zero-order valence-electron chi connectivity index (χ0n) is 9.87. The third-order valence-corrected chi connectivity index (χ3v) is 2.87. The molecule has 0 saturated heterocycles. The summed E-state index contributed by atoms with van der Waals surface area (Å²) in [5.41, 5.74) is 7.37. The van der Waals surface area contributed by atoms with Gasteiger partial charge >= 0.3 is 0 Å². The molecular formula is C14H16FNO. The van der Waals surface area contributed by atoms with E-state index in [1.165, 1.54) is 0 Å². The largest absolute Gasteiger partial charge is 0.497 e. The SMILES string of the molecule is COc1ccc2cc(CF)cc(CCN)c2c1. The standard InChI is InChI=1S/C14H16FNO/c1-17-13-3-2-11-6-10(9-15)7-12(4-5-16)14(11)8-13/h2-3,6-8H,4-5,9,16H2,1H3. The van der Waals surface area contributed by atoms with Crippen molar-refractivity contribution in [2.24, 2.45) is 5.73 Å². The number of ether oxygens (including phenoxy) is 1. The summed E-state index contributed by atoms with van der Waals surface area (Å²) >= 11 is 0. The molecule has 0 bridgehead atoms. The predicted molar refractivity (Wildman–Crippen MR) is 68.1 cm³/mol. The summed E-state index contributed by atoms with van der Waals surface area (Å²) < 4.78 is 18.0. The van der Waals surface area contributed by atoms with Crippen molar-refractivity contribution in [3.63, 3.8) is 0 Å². The second kappa shape index (κ2) is 5.15. The fourth-order valence-corrected chi connectivity index (χ4v) is 2.05. The van der Waals surface area contributed by atoms with Crippen LogP contribution in [0.25, 0.3) is 10.8 Å². The van der Waals surface area contributed by atoms with Crippen molar-refractivity contribution in [3.05, 3.63) is 41.5 Å². The molecule has 0 radical (unpaired) electrons. The number of nitrogens with two attached hydrogens (primary N) is 1. The smallest absolute Gasteiger partial charge is 0.119 e. The lowest BCUT2D eigenvalue weighted by atomic mass is 9.99. The molecule has 2 aromatic carbocycles. The minimum Gasteiger partial charge on any atom is -0.497 e. The van der Waals surface area contributed by atoms with E-state index in [2.05, 4.69) is 0 Å². The van der Waals surface area contributed by atoms with Gasteiger partial charge in [-0.2, -0.15) is 0 Å². The molecule has 0 aliphatic rings. The molecule has 0 saturated carbocycles. The van der Waals surface area contributed by atoms with E-state index in [4.69, 9.17) is 10.5 Å². The number of halogens is 1. The van der Waals surface area contributed by atoms with E-state index in [1.54, 1.807) is 7.11 Å². The van der Waals surface area contributed by atoms with Gasteiger partial charge in [-0.3, -0.25) is 0 Å². The van der Waals surface area contributed by atoms with Crippen LogP contribution in [0.5, 0.6) is 5.75 Å². The van der Waals surface area contributed by atoms with Gasteiger partial charge in [-0.25, -0.2) is 4.39 Å². The van der Waals surface area contributed by atoms with Crippen molar-refractivity contribution < 1.29 is 9.13 Å². The zero-order chi connectivity index (χ0) is 12.3. The Morgan fingerprint density at radius 2 is 2.06 bits per heavy atom. The number of benzene rings is 2. The topological polar surface area (TPSA) is 35.2 Å². The van der Waals surface area contributed by atoms with E-state index >= 15 is 0 Å². The quantitative estimate of drug-likeness (QED) is 0.881. The Bertz CT molecular complexity index is 525. The Morgan fingerprint density at radius 3 is 2.71 bits per heavy atom. The summed E-state index contributed by atoms with van der Waals surface area (Å²) in [6.07, 6.45) is 0.748. The van der Waals surface area contributed by atoms with Crippen molar-refractivity contribution in [2.75, 3.05) is 13.7 Å². The van der Waals surface area contributed by atoms with E-state index in [0.29, 0.717) is 12.1 Å². The van der Waals surface area contributed by atoms with Crippen LogP contribution < -0.4 is 10.5 Å². The molecule has 0 aliphatic heterocycles. The highest BCUT2D eigenvalue weighted by Crippen LogP contribution is 2.26. The Hall–Kier alpha value is -1.61. The van der Waals surface area contributed by atoms with Gasteiger partial charge < -0.3 is 10.5 Å². The maximum Gasteiger partial charge on any atom is 0.119 e. The van der Waals surface area contributed by atoms with Crippen LogP contribution in [0.1, 0.15) is 11.1 Å². The minimum atomic E-state index is -0.445. The third kappa shape index (κ3) is 2.39. The fraction of sp³-hybridized carbons (Fsp3) is 0.286. The van der Waals surface area contributed by atoms with E-state index in [9.17, 15) is 4.39 Å². The molecule has 2 N–H and O–H groups in total. The molecule has 17 heavy (non-hydrogen) atoms. The maximum atomic E-state index is 12.8. The molecule has 3 heteroatoms. The Labute approximate surface area is 100 Å². The average molecular weight is 233 g/mol. The molecule has 0 aliphatic carbocycles. The Kier molecular flexibility index (Phi) is 3.59. The molecule has 0 amide bonds. The van der Waals surface area contributed by atoms with Crippen LogP contribution in [0.2, 0.25) is 0 Å². The Balaban J connectivity index is 2.63. The van der Waals surface area contributed by atoms with Gasteiger partial charge in [0.05, 0.1) is 7.11 Å². The van der Waals surface area contributed by atoms with Gasteiger partial charge in [-0.15, -0.1) is 0 Å². The van der Waals surface area contributed by atoms with E-state index < -0.39 is 6.67 Å². The van der Waals surface area contributed by atoms with Crippen LogP contribution in [0.4, 0.5) is 4.39 Å². The van der Waals surface area contributed by atoms with Gasteiger partial charge in [-0.1, -0.05) is 12.1 Å². The fourth-order valence-electron chi connectivity index (χ4n) is 2.05. The first kappa shape index (κ1) is 11.9. The van der Waals surface area contributed by atoms with Gasteiger partial charge in [0.1, 0.15) is 12.4 Å². The number of hydrogen-bond donors (Lipinski definition) is 1. The lowest BCUT2D eigenvalue weighted by Gasteiger charge is -2.09. The van der Waals surface area contributed by atoms with Crippen LogP contribution in [0.3, 0.4) is 0 Å². The molecule has 0 aromatic heterocycles. The lowest BCUT2D eigenvalue weighted by Crippen LogP contribution is -2.03. The van der Waals surface area contributed by atoms with Crippen molar-refractivity contribution in [1.82, 2.24) is 0 Å². The lowest BCUT2D eigenvalue weighted by molar-refractivity contribution is 0.415. The van der Waals surface area contributed by atoms with Crippen LogP contribution in [-0.4, -0.2) is 13.7 Å². The molecule has 2 nitrogen and oxygen atoms in total. The van der Waals surface area contributed by atoms with Crippen molar-refractivity contribution in [2.45, 2.75) is 13.1 Å². The monoisotopic (exact) mass is 233 g/mol. The second-order valence-corrected chi connectivity index (χ2v) is 4.01. The highest BCUT2D eigenvalue weighted by atomic mass is 19.1. The number of alkyl halides is 1. The average Bonchev–Trinajstić information content (AvgIpc) is 2.38. The van der Waals surface area contributed by atoms with Crippen molar-refractivity contribution in [1.29, 1.82) is 0 Å². The summed E-state index contributed by atoms with van der Waals surface area (Å²) in [4.78, 5) is 0. The first-order chi connectivity index (χ1) is 8.28. The number of methoxy groups -OCH3 is 1. The van der Waals surface area contributed by atoms with Crippen molar-refractivity contribution in [3.8, 4) is 5.75 Å². The molecule has 2 rings (SSSR count). The van der Waals surface area contributed by atoms with Gasteiger partial charge in [0.15, 0.2) is 0 Å². The predicted octanol–water partition coefficient (Wildman–Crippen LogP) is 2.82. The van der Waals surface area contributed by atoms with E-state index in [1.807, 2.05) is 30.3 Å². The molecule has 0 fully saturated rings. The first-order valence-corrected chi connectivity index (χ1v) is 5.64. The summed E-state index contributed by atoms with van der Waals surface area (Å²) in [5, 5.41) is 2.12. The molecule has 0 atom stereocenters. The normalized spacial score (nSPS) is 10.8. The molecule has 0 heterocycles. The first-order valence-electron chi connectivity index (χ1n) is 5.64. The summed E-state index contributed by atoms with van der Waals surface area (Å²) in [6.45, 7) is 0.113. The highest BCUT2D eigenvalue weighted by Gasteiger charge is 2.05. The maximum absolute atomic E-state index is 12.8. The summed E-state index contributed by atoms with van der Waals surface area (Å²) in [5.74, 6) is 0.809. The molecular weight excluding hydrogens is 217 g/mol. The van der Waals surface area contributed by atoms with Crippen LogP contribution in [0.15, 0.2) is 30.3 Å².